The van der Waals surface area contributed by atoms with Crippen LogP contribution in [-0.4, -0.2) is 6.72 Å². The lowest BCUT2D eigenvalue weighted by Crippen LogP contribution is -2.16. The minimum absolute atomic E-state index is 0.158. The summed E-state index contributed by atoms with van der Waals surface area (Å²) in [6.45, 7) is 15.3. The topological polar surface area (TPSA) is 12.4 Å². The Morgan fingerprint density at radius 3 is 1.56 bits per heavy atom. The van der Waals surface area contributed by atoms with Crippen LogP contribution in [0, 0.1) is 0 Å². The van der Waals surface area contributed by atoms with E-state index in [1.165, 1.54) is 0 Å². The van der Waals surface area contributed by atoms with Crippen molar-refractivity contribution >= 4 is 12.4 Å². The maximum absolute atomic E-state index is 8.41. The summed E-state index contributed by atoms with van der Waals surface area (Å²) in [5.41, 5.74) is 0.889. The van der Waals surface area contributed by atoms with Gasteiger partial charge in [0.2, 0.25) is 0 Å². The Morgan fingerprint density at radius 1 is 0.938 bits per heavy atom. The summed E-state index contributed by atoms with van der Waals surface area (Å²) in [6.07, 6.45) is 0. The van der Waals surface area contributed by atoms with E-state index in [-0.39, 0.29) is 28.6 Å². The molecule has 0 atom stereocenters. The van der Waals surface area contributed by atoms with Gasteiger partial charge in [0.15, 0.2) is 0 Å². The number of hydrogen-bond acceptors (Lipinski definition) is 1. The van der Waals surface area contributed by atoms with Crippen LogP contribution in [0.1, 0.15) is 56.8 Å². The highest BCUT2D eigenvalue weighted by molar-refractivity contribution is 5.52. The van der Waals surface area contributed by atoms with Crippen LogP contribution in [0.5, 0.6) is 0 Å². The van der Waals surface area contributed by atoms with Crippen LogP contribution in [0.15, 0.2) is 23.1 Å². The van der Waals surface area contributed by atoms with Crippen molar-refractivity contribution in [3.8, 4) is 0 Å². The minimum atomic E-state index is -0.332. The first-order chi connectivity index (χ1) is 8.42. The van der Waals surface area contributed by atoms with Gasteiger partial charge >= 0.3 is 0 Å². The lowest BCUT2D eigenvalue weighted by molar-refractivity contribution is 0.569. The van der Waals surface area contributed by atoms with E-state index in [9.17, 15) is 0 Å². The highest BCUT2D eigenvalue weighted by atomic mass is 14.7. The monoisotopic (exact) mass is 220 g/mol. The van der Waals surface area contributed by atoms with Gasteiger partial charge in [0.25, 0.3) is 0 Å². The third kappa shape index (κ3) is 2.94. The molecule has 1 aromatic rings. The van der Waals surface area contributed by atoms with Gasteiger partial charge in [-0.15, -0.1) is 0 Å². The van der Waals surface area contributed by atoms with Crippen molar-refractivity contribution < 1.29 is 4.11 Å². The number of benzene rings is 1. The van der Waals surface area contributed by atoms with Crippen molar-refractivity contribution in [3.63, 3.8) is 0 Å². The Morgan fingerprint density at radius 2 is 1.31 bits per heavy atom. The standard InChI is InChI=1S/C15H23N/c1-14(2,3)11-8-12(15(4,5)6)10-13(9-11)16-7/h8-10H,7H2,1-6H3/i8D,9D,10D. The van der Waals surface area contributed by atoms with Crippen LogP contribution in [0.25, 0.3) is 0 Å². The normalized spacial score (nSPS) is 15.2. The molecule has 0 radical (unpaired) electrons. The van der Waals surface area contributed by atoms with E-state index in [0.717, 1.165) is 0 Å². The zero-order valence-electron chi connectivity index (χ0n) is 14.2. The van der Waals surface area contributed by atoms with Crippen LogP contribution >= 0.6 is 0 Å². The molecule has 0 bridgehead atoms. The molecule has 88 valence electrons. The fourth-order valence-corrected chi connectivity index (χ4v) is 1.28. The fourth-order valence-electron chi connectivity index (χ4n) is 1.28. The lowest BCUT2D eigenvalue weighted by atomic mass is 9.80. The minimum Gasteiger partial charge on any atom is -0.265 e. The second kappa shape index (κ2) is 4.04. The highest BCUT2D eigenvalue weighted by Crippen LogP contribution is 2.32. The van der Waals surface area contributed by atoms with Gasteiger partial charge in [-0.1, -0.05) is 47.6 Å². The number of nitrogens with zero attached hydrogens (tertiary/aromatic N) is 1. The Bertz CT molecular complexity index is 479. The molecule has 0 spiro atoms. The molecule has 0 aliphatic rings. The van der Waals surface area contributed by atoms with E-state index in [1.54, 1.807) is 0 Å². The summed E-state index contributed by atoms with van der Waals surface area (Å²) in [7, 11) is 0. The van der Waals surface area contributed by atoms with Gasteiger partial charge < -0.3 is 0 Å². The Hall–Kier alpha value is -1.11. The molecule has 0 heterocycles. The van der Waals surface area contributed by atoms with Gasteiger partial charge in [-0.2, -0.15) is 0 Å². The molecule has 0 amide bonds. The van der Waals surface area contributed by atoms with E-state index in [4.69, 9.17) is 4.11 Å². The van der Waals surface area contributed by atoms with Gasteiger partial charge in [0.1, 0.15) is 0 Å². The SMILES string of the molecule is [2H]c1c(N=C)c([2H])c(C(C)(C)C)c([2H])c1C(C)(C)C. The van der Waals surface area contributed by atoms with Gasteiger partial charge in [0, 0.05) is 0 Å². The maximum atomic E-state index is 8.41. The van der Waals surface area contributed by atoms with Crippen molar-refractivity contribution in [2.75, 3.05) is 0 Å². The maximum Gasteiger partial charge on any atom is 0.0649 e. The summed E-state index contributed by atoms with van der Waals surface area (Å²) in [4.78, 5) is 3.85. The van der Waals surface area contributed by atoms with Crippen molar-refractivity contribution in [3.05, 3.63) is 29.3 Å². The molecular formula is C15H23N. The van der Waals surface area contributed by atoms with Gasteiger partial charge in [0.05, 0.1) is 9.80 Å². The Labute approximate surface area is 104 Å². The van der Waals surface area contributed by atoms with Crippen molar-refractivity contribution in [1.82, 2.24) is 0 Å². The average Bonchev–Trinajstić information content (AvgIpc) is 2.12. The van der Waals surface area contributed by atoms with Crippen molar-refractivity contribution in [1.29, 1.82) is 0 Å². The molecule has 0 aliphatic carbocycles. The van der Waals surface area contributed by atoms with Crippen LogP contribution in [0.2, 0.25) is 0 Å². The quantitative estimate of drug-likeness (QED) is 0.613. The molecule has 0 N–H and O–H groups in total. The molecule has 1 nitrogen and oxygen atoms in total. The van der Waals surface area contributed by atoms with E-state index >= 15 is 0 Å². The van der Waals surface area contributed by atoms with E-state index in [1.807, 2.05) is 41.5 Å². The molecule has 0 saturated carbocycles. The molecule has 1 aromatic carbocycles. The first-order valence-corrected chi connectivity index (χ1v) is 5.54. The summed E-state index contributed by atoms with van der Waals surface area (Å²) in [5.74, 6) is 0. The Kier molecular flexibility index (Phi) is 2.27. The zero-order valence-corrected chi connectivity index (χ0v) is 11.2. The van der Waals surface area contributed by atoms with Crippen LogP contribution in [0.4, 0.5) is 5.69 Å². The summed E-state index contributed by atoms with van der Waals surface area (Å²) in [5, 5.41) is 0. The zero-order chi connectivity index (χ0) is 15.2. The largest absolute Gasteiger partial charge is 0.265 e. The fraction of sp³-hybridized carbons (Fsp3) is 0.533. The van der Waals surface area contributed by atoms with Gasteiger partial charge in [-0.3, -0.25) is 4.99 Å². The third-order valence-corrected chi connectivity index (χ3v) is 2.39. The van der Waals surface area contributed by atoms with E-state index < -0.39 is 0 Å². The molecule has 1 rings (SSSR count). The molecular weight excluding hydrogens is 194 g/mol. The number of rotatable bonds is 1. The molecule has 0 aliphatic heterocycles. The average molecular weight is 220 g/mol. The van der Waals surface area contributed by atoms with Crippen molar-refractivity contribution in [2.24, 2.45) is 4.99 Å². The second-order valence-electron chi connectivity index (χ2n) is 6.13. The third-order valence-electron chi connectivity index (χ3n) is 2.39. The summed E-state index contributed by atoms with van der Waals surface area (Å²) >= 11 is 0. The van der Waals surface area contributed by atoms with Gasteiger partial charge in [-0.25, -0.2) is 0 Å². The predicted molar refractivity (Wildman–Crippen MR) is 73.1 cm³/mol. The number of hydrogen-bond donors (Lipinski definition) is 0. The first kappa shape index (κ1) is 8.98. The van der Waals surface area contributed by atoms with Crippen molar-refractivity contribution in [2.45, 2.75) is 52.4 Å². The smallest absolute Gasteiger partial charge is 0.0649 e. The van der Waals surface area contributed by atoms with Gasteiger partial charge in [-0.05, 0) is 40.8 Å². The molecule has 1 heteroatoms. The van der Waals surface area contributed by atoms with E-state index in [0.29, 0.717) is 17.2 Å². The molecule has 0 saturated heterocycles. The van der Waals surface area contributed by atoms with E-state index in [2.05, 4.69) is 11.7 Å². The molecule has 0 unspecified atom stereocenters. The van der Waals surface area contributed by atoms with Crippen LogP contribution in [0.3, 0.4) is 0 Å². The highest BCUT2D eigenvalue weighted by Gasteiger charge is 2.20. The molecule has 0 aromatic heterocycles. The predicted octanol–water partition coefficient (Wildman–Crippen LogP) is 4.61. The Balaban J connectivity index is 3.93. The molecule has 0 fully saturated rings. The van der Waals surface area contributed by atoms with Crippen LogP contribution in [-0.2, 0) is 10.8 Å². The molecule has 16 heavy (non-hydrogen) atoms. The summed E-state index contributed by atoms with van der Waals surface area (Å²) in [6, 6.07) is 0.610. The number of aliphatic imine (C=N–C) groups is 1. The first-order valence-electron chi connectivity index (χ1n) is 7.04. The van der Waals surface area contributed by atoms with Crippen LogP contribution < -0.4 is 0 Å². The second-order valence-corrected chi connectivity index (χ2v) is 6.13. The lowest BCUT2D eigenvalue weighted by Gasteiger charge is -2.25. The summed E-state index contributed by atoms with van der Waals surface area (Å²) < 4.78 is 24.8.